The maximum absolute atomic E-state index is 3.43. The molecule has 0 fully saturated rings. The van der Waals surface area contributed by atoms with E-state index in [4.69, 9.17) is 0 Å². The van der Waals surface area contributed by atoms with Gasteiger partial charge in [0.1, 0.15) is 0 Å². The third-order valence-electron chi connectivity index (χ3n) is 2.21. The Morgan fingerprint density at radius 1 is 1.23 bits per heavy atom. The molecule has 0 radical (unpaired) electrons. The van der Waals surface area contributed by atoms with Crippen molar-refractivity contribution in [2.75, 3.05) is 0 Å². The van der Waals surface area contributed by atoms with Crippen LogP contribution in [0.4, 0.5) is 0 Å². The fourth-order valence-electron chi connectivity index (χ4n) is 1.68. The van der Waals surface area contributed by atoms with Crippen LogP contribution in [0.2, 0.25) is 0 Å². The highest BCUT2D eigenvalue weighted by atomic mass is 14.7. The van der Waals surface area contributed by atoms with Crippen LogP contribution in [0.1, 0.15) is 19.5 Å². The summed E-state index contributed by atoms with van der Waals surface area (Å²) in [6.07, 6.45) is 1.13. The molecule has 0 bridgehead atoms. The van der Waals surface area contributed by atoms with Gasteiger partial charge in [-0.15, -0.1) is 0 Å². The summed E-state index contributed by atoms with van der Waals surface area (Å²) >= 11 is 0. The minimum Gasteiger partial charge on any atom is -0.358 e. The molecule has 0 aliphatic heterocycles. The van der Waals surface area contributed by atoms with E-state index in [1.165, 1.54) is 16.6 Å². The number of hydrogen-bond donors (Lipinski definition) is 1. The normalized spacial score (nSPS) is 11.3. The fraction of sp³-hybridized carbons (Fsp3) is 0.333. The number of para-hydroxylation sites is 1. The van der Waals surface area contributed by atoms with Gasteiger partial charge in [-0.25, -0.2) is 0 Å². The molecule has 0 spiro atoms. The van der Waals surface area contributed by atoms with Gasteiger partial charge in [-0.3, -0.25) is 0 Å². The zero-order valence-electron chi connectivity index (χ0n) is 8.17. The Morgan fingerprint density at radius 3 is 2.69 bits per heavy atom. The van der Waals surface area contributed by atoms with E-state index in [1.807, 2.05) is 0 Å². The Bertz CT molecular complexity index is 365. The monoisotopic (exact) mass is 173 g/mol. The van der Waals surface area contributed by atoms with Crippen molar-refractivity contribution < 1.29 is 0 Å². The van der Waals surface area contributed by atoms with Crippen molar-refractivity contribution in [1.82, 2.24) is 4.98 Å². The van der Waals surface area contributed by atoms with Crippen LogP contribution in [0.5, 0.6) is 0 Å². The molecule has 13 heavy (non-hydrogen) atoms. The zero-order valence-corrected chi connectivity index (χ0v) is 8.17. The van der Waals surface area contributed by atoms with Crippen LogP contribution in [-0.4, -0.2) is 4.98 Å². The van der Waals surface area contributed by atoms with Crippen LogP contribution >= 0.6 is 0 Å². The molecule has 1 aromatic carbocycles. The van der Waals surface area contributed by atoms with E-state index < -0.39 is 0 Å². The lowest BCUT2D eigenvalue weighted by atomic mass is 10.1. The predicted molar refractivity (Wildman–Crippen MR) is 56.8 cm³/mol. The molecule has 0 aliphatic rings. The molecule has 0 aliphatic carbocycles. The van der Waals surface area contributed by atoms with E-state index in [2.05, 4.69) is 49.2 Å². The molecule has 0 amide bonds. The largest absolute Gasteiger partial charge is 0.358 e. The Morgan fingerprint density at radius 2 is 2.00 bits per heavy atom. The quantitative estimate of drug-likeness (QED) is 0.716. The average molecular weight is 173 g/mol. The van der Waals surface area contributed by atoms with Crippen molar-refractivity contribution in [3.05, 3.63) is 36.0 Å². The maximum atomic E-state index is 3.43. The number of hydrogen-bond acceptors (Lipinski definition) is 0. The molecule has 1 heteroatoms. The van der Waals surface area contributed by atoms with Crippen LogP contribution in [0.3, 0.4) is 0 Å². The number of benzene rings is 1. The summed E-state index contributed by atoms with van der Waals surface area (Å²) in [6, 6.07) is 10.7. The second kappa shape index (κ2) is 3.25. The fourth-order valence-corrected chi connectivity index (χ4v) is 1.68. The first-order valence-electron chi connectivity index (χ1n) is 4.82. The van der Waals surface area contributed by atoms with Crippen molar-refractivity contribution in [1.29, 1.82) is 0 Å². The van der Waals surface area contributed by atoms with Gasteiger partial charge >= 0.3 is 0 Å². The molecule has 1 N–H and O–H groups in total. The molecular weight excluding hydrogens is 158 g/mol. The lowest BCUT2D eigenvalue weighted by molar-refractivity contribution is 0.639. The molecule has 0 unspecified atom stereocenters. The third kappa shape index (κ3) is 1.74. The average Bonchev–Trinajstić information content (AvgIpc) is 2.44. The summed E-state index contributed by atoms with van der Waals surface area (Å²) in [7, 11) is 0. The molecular formula is C12H15N. The Balaban J connectivity index is 2.38. The van der Waals surface area contributed by atoms with E-state index in [1.54, 1.807) is 0 Å². The summed E-state index contributed by atoms with van der Waals surface area (Å²) in [4.78, 5) is 3.43. The second-order valence-corrected chi connectivity index (χ2v) is 3.98. The van der Waals surface area contributed by atoms with E-state index in [0.29, 0.717) is 5.92 Å². The molecule has 1 aromatic heterocycles. The first-order valence-corrected chi connectivity index (χ1v) is 4.82. The summed E-state index contributed by atoms with van der Waals surface area (Å²) < 4.78 is 0. The Labute approximate surface area is 78.8 Å². The number of aromatic nitrogens is 1. The van der Waals surface area contributed by atoms with Crippen LogP contribution < -0.4 is 0 Å². The Kier molecular flexibility index (Phi) is 2.09. The number of H-pyrrole nitrogens is 1. The first-order chi connectivity index (χ1) is 6.25. The van der Waals surface area contributed by atoms with E-state index in [0.717, 1.165) is 6.42 Å². The summed E-state index contributed by atoms with van der Waals surface area (Å²) in [6.45, 7) is 4.48. The molecule has 1 nitrogen and oxygen atoms in total. The minimum atomic E-state index is 0.716. The highest BCUT2D eigenvalue weighted by molar-refractivity contribution is 5.80. The van der Waals surface area contributed by atoms with Crippen LogP contribution in [-0.2, 0) is 6.42 Å². The van der Waals surface area contributed by atoms with Crippen molar-refractivity contribution >= 4 is 10.9 Å². The van der Waals surface area contributed by atoms with Crippen molar-refractivity contribution in [3.63, 3.8) is 0 Å². The summed E-state index contributed by atoms with van der Waals surface area (Å²) in [5, 5.41) is 1.32. The van der Waals surface area contributed by atoms with Gasteiger partial charge in [-0.05, 0) is 29.9 Å². The predicted octanol–water partition coefficient (Wildman–Crippen LogP) is 3.37. The zero-order chi connectivity index (χ0) is 9.26. The molecule has 0 saturated carbocycles. The van der Waals surface area contributed by atoms with E-state index >= 15 is 0 Å². The van der Waals surface area contributed by atoms with Gasteiger partial charge in [-0.1, -0.05) is 32.0 Å². The van der Waals surface area contributed by atoms with Crippen LogP contribution in [0.15, 0.2) is 30.3 Å². The lowest BCUT2D eigenvalue weighted by Gasteiger charge is -1.99. The van der Waals surface area contributed by atoms with Gasteiger partial charge in [0.15, 0.2) is 0 Å². The third-order valence-corrected chi connectivity index (χ3v) is 2.21. The number of aromatic amines is 1. The van der Waals surface area contributed by atoms with Gasteiger partial charge in [0.05, 0.1) is 0 Å². The molecule has 0 saturated heterocycles. The summed E-state index contributed by atoms with van der Waals surface area (Å²) in [5.41, 5.74) is 2.59. The first kappa shape index (κ1) is 8.36. The topological polar surface area (TPSA) is 15.8 Å². The van der Waals surface area contributed by atoms with E-state index in [-0.39, 0.29) is 0 Å². The molecule has 68 valence electrons. The Hall–Kier alpha value is -1.24. The van der Waals surface area contributed by atoms with Crippen LogP contribution in [0.25, 0.3) is 10.9 Å². The molecule has 2 aromatic rings. The molecule has 1 heterocycles. The van der Waals surface area contributed by atoms with Crippen molar-refractivity contribution in [2.24, 2.45) is 5.92 Å². The van der Waals surface area contributed by atoms with Crippen LogP contribution in [0, 0.1) is 5.92 Å². The standard InChI is InChI=1S/C12H15N/c1-9(2)7-11-8-10-5-3-4-6-12(10)13-11/h3-6,8-9,13H,7H2,1-2H3. The van der Waals surface area contributed by atoms with E-state index in [9.17, 15) is 0 Å². The highest BCUT2D eigenvalue weighted by Crippen LogP contribution is 2.16. The molecule has 0 atom stereocenters. The summed E-state index contributed by atoms with van der Waals surface area (Å²) in [5.74, 6) is 0.716. The smallest absolute Gasteiger partial charge is 0.0456 e. The van der Waals surface area contributed by atoms with Gasteiger partial charge in [0, 0.05) is 11.2 Å². The van der Waals surface area contributed by atoms with Gasteiger partial charge in [0.2, 0.25) is 0 Å². The molecule has 2 rings (SSSR count). The number of fused-ring (bicyclic) bond motifs is 1. The van der Waals surface area contributed by atoms with Gasteiger partial charge < -0.3 is 4.98 Å². The number of rotatable bonds is 2. The lowest BCUT2D eigenvalue weighted by Crippen LogP contribution is -1.93. The second-order valence-electron chi connectivity index (χ2n) is 3.98. The highest BCUT2D eigenvalue weighted by Gasteiger charge is 2.01. The number of nitrogens with one attached hydrogen (secondary N) is 1. The minimum absolute atomic E-state index is 0.716. The van der Waals surface area contributed by atoms with Crippen molar-refractivity contribution in [3.8, 4) is 0 Å². The van der Waals surface area contributed by atoms with Gasteiger partial charge in [0.25, 0.3) is 0 Å². The van der Waals surface area contributed by atoms with Gasteiger partial charge in [-0.2, -0.15) is 0 Å². The van der Waals surface area contributed by atoms with Crippen molar-refractivity contribution in [2.45, 2.75) is 20.3 Å². The SMILES string of the molecule is CC(C)Cc1cc2ccccc2[nH]1. The maximum Gasteiger partial charge on any atom is 0.0456 e.